The number of halogens is 2. The van der Waals surface area contributed by atoms with Gasteiger partial charge < -0.3 is 9.80 Å². The molecule has 6 heteroatoms. The van der Waals surface area contributed by atoms with E-state index >= 15 is 0 Å². The van der Waals surface area contributed by atoms with E-state index in [1.54, 1.807) is 11.0 Å². The van der Waals surface area contributed by atoms with Crippen molar-refractivity contribution in [1.82, 2.24) is 9.80 Å². The number of hydrogen-bond acceptors (Lipinski definition) is 2. The summed E-state index contributed by atoms with van der Waals surface area (Å²) >= 11 is 3.12. The second-order valence-corrected chi connectivity index (χ2v) is 6.29. The maximum atomic E-state index is 13.5. The quantitative estimate of drug-likeness (QED) is 0.817. The van der Waals surface area contributed by atoms with E-state index in [1.165, 1.54) is 12.1 Å². The lowest BCUT2D eigenvalue weighted by molar-refractivity contribution is -0.134. The Bertz CT molecular complexity index is 581. The molecule has 1 aliphatic heterocycles. The molecule has 112 valence electrons. The summed E-state index contributed by atoms with van der Waals surface area (Å²) in [6.45, 7) is 2.13. The zero-order valence-corrected chi connectivity index (χ0v) is 13.1. The van der Waals surface area contributed by atoms with E-state index in [9.17, 15) is 14.0 Å². The van der Waals surface area contributed by atoms with Gasteiger partial charge in [0.05, 0.1) is 10.0 Å². The summed E-state index contributed by atoms with van der Waals surface area (Å²) in [5, 5.41) is 0. The van der Waals surface area contributed by atoms with Crippen molar-refractivity contribution in [1.29, 1.82) is 0 Å². The van der Waals surface area contributed by atoms with Crippen molar-refractivity contribution in [2.75, 3.05) is 26.2 Å². The largest absolute Gasteiger partial charge is 0.339 e. The number of nitrogens with zero attached hydrogens (tertiary/aromatic N) is 2. The van der Waals surface area contributed by atoms with Crippen molar-refractivity contribution in [2.45, 2.75) is 12.8 Å². The maximum Gasteiger partial charge on any atom is 0.255 e. The van der Waals surface area contributed by atoms with Crippen LogP contribution >= 0.6 is 15.9 Å². The van der Waals surface area contributed by atoms with Gasteiger partial charge in [0.25, 0.3) is 5.91 Å². The zero-order valence-electron chi connectivity index (χ0n) is 11.5. The summed E-state index contributed by atoms with van der Waals surface area (Å²) in [5.41, 5.74) is 0.331. The third-order valence-electron chi connectivity index (χ3n) is 3.99. The van der Waals surface area contributed by atoms with Crippen molar-refractivity contribution in [3.05, 3.63) is 34.1 Å². The number of benzene rings is 1. The van der Waals surface area contributed by atoms with E-state index in [1.807, 2.05) is 4.90 Å². The summed E-state index contributed by atoms with van der Waals surface area (Å²) in [5.74, 6) is -0.207. The Balaban J connectivity index is 1.64. The minimum Gasteiger partial charge on any atom is -0.339 e. The first kappa shape index (κ1) is 14.5. The normalized spacial score (nSPS) is 18.8. The van der Waals surface area contributed by atoms with Crippen molar-refractivity contribution in [2.24, 2.45) is 5.92 Å². The van der Waals surface area contributed by atoms with Gasteiger partial charge in [-0.3, -0.25) is 9.59 Å². The van der Waals surface area contributed by atoms with E-state index in [0.29, 0.717) is 31.7 Å². The van der Waals surface area contributed by atoms with Crippen molar-refractivity contribution >= 4 is 27.7 Å². The molecule has 0 atom stereocenters. The van der Waals surface area contributed by atoms with Crippen LogP contribution in [0.3, 0.4) is 0 Å². The molecule has 4 nitrogen and oxygen atoms in total. The molecule has 0 unspecified atom stereocenters. The molecular weight excluding hydrogens is 339 g/mol. The third kappa shape index (κ3) is 2.95. The molecule has 0 aromatic heterocycles. The highest BCUT2D eigenvalue weighted by molar-refractivity contribution is 9.10. The van der Waals surface area contributed by atoms with Crippen LogP contribution < -0.4 is 0 Å². The summed E-state index contributed by atoms with van der Waals surface area (Å²) < 4.78 is 13.7. The number of rotatable bonds is 2. The van der Waals surface area contributed by atoms with Crippen LogP contribution in [0.15, 0.2) is 22.7 Å². The number of carbonyl (C=O) groups excluding carboxylic acids is 2. The molecule has 1 saturated heterocycles. The Hall–Kier alpha value is -1.43. The average molecular weight is 355 g/mol. The molecule has 1 aromatic carbocycles. The monoisotopic (exact) mass is 354 g/mol. The van der Waals surface area contributed by atoms with Gasteiger partial charge in [0, 0.05) is 32.1 Å². The van der Waals surface area contributed by atoms with Gasteiger partial charge in [-0.1, -0.05) is 6.07 Å². The molecule has 0 bridgehead atoms. The van der Waals surface area contributed by atoms with Gasteiger partial charge in [-0.25, -0.2) is 4.39 Å². The predicted octanol–water partition coefficient (Wildman–Crippen LogP) is 2.28. The molecule has 21 heavy (non-hydrogen) atoms. The Morgan fingerprint density at radius 3 is 2.33 bits per heavy atom. The minimum atomic E-state index is -0.441. The van der Waals surface area contributed by atoms with Gasteiger partial charge in [0.2, 0.25) is 5.91 Å². The van der Waals surface area contributed by atoms with Crippen LogP contribution in [0.5, 0.6) is 0 Å². The molecule has 0 spiro atoms. The Kier molecular flexibility index (Phi) is 3.97. The van der Waals surface area contributed by atoms with Crippen LogP contribution in [0.25, 0.3) is 0 Å². The first-order valence-electron chi connectivity index (χ1n) is 7.10. The van der Waals surface area contributed by atoms with E-state index in [2.05, 4.69) is 15.9 Å². The minimum absolute atomic E-state index is 0.195. The van der Waals surface area contributed by atoms with Crippen LogP contribution in [0.4, 0.5) is 4.39 Å². The van der Waals surface area contributed by atoms with Gasteiger partial charge in [-0.05, 0) is 40.9 Å². The molecular formula is C15H16BrFN2O2. The van der Waals surface area contributed by atoms with Crippen molar-refractivity contribution < 1.29 is 14.0 Å². The summed E-state index contributed by atoms with van der Waals surface area (Å²) in [4.78, 5) is 27.9. The molecule has 1 aliphatic carbocycles. The fourth-order valence-electron chi connectivity index (χ4n) is 2.56. The van der Waals surface area contributed by atoms with E-state index in [4.69, 9.17) is 0 Å². The molecule has 1 heterocycles. The Labute approximate surface area is 131 Å². The summed E-state index contributed by atoms with van der Waals surface area (Å²) in [6.07, 6.45) is 1.99. The number of piperazine rings is 1. The SMILES string of the molecule is O=C(c1cccc(F)c1Br)N1CCN(C(=O)C2CC2)CC1. The van der Waals surface area contributed by atoms with Crippen molar-refractivity contribution in [3.63, 3.8) is 0 Å². The molecule has 2 aliphatic rings. The summed E-state index contributed by atoms with van der Waals surface area (Å²) in [6, 6.07) is 4.45. The number of carbonyl (C=O) groups is 2. The topological polar surface area (TPSA) is 40.6 Å². The second-order valence-electron chi connectivity index (χ2n) is 5.49. The van der Waals surface area contributed by atoms with Crippen LogP contribution in [0.2, 0.25) is 0 Å². The van der Waals surface area contributed by atoms with Crippen LogP contribution in [-0.2, 0) is 4.79 Å². The first-order valence-corrected chi connectivity index (χ1v) is 7.89. The molecule has 1 saturated carbocycles. The highest BCUT2D eigenvalue weighted by Crippen LogP contribution is 2.31. The van der Waals surface area contributed by atoms with Gasteiger partial charge in [0.1, 0.15) is 5.82 Å². The molecule has 2 amide bonds. The fourth-order valence-corrected chi connectivity index (χ4v) is 2.99. The van der Waals surface area contributed by atoms with Gasteiger partial charge in [-0.2, -0.15) is 0 Å². The Morgan fingerprint density at radius 1 is 1.10 bits per heavy atom. The third-order valence-corrected chi connectivity index (χ3v) is 4.79. The van der Waals surface area contributed by atoms with Crippen LogP contribution in [0, 0.1) is 11.7 Å². The lowest BCUT2D eigenvalue weighted by Crippen LogP contribution is -2.51. The molecule has 0 N–H and O–H groups in total. The molecule has 1 aromatic rings. The highest BCUT2D eigenvalue weighted by Gasteiger charge is 2.35. The lowest BCUT2D eigenvalue weighted by Gasteiger charge is -2.35. The van der Waals surface area contributed by atoms with Crippen LogP contribution in [-0.4, -0.2) is 47.8 Å². The highest BCUT2D eigenvalue weighted by atomic mass is 79.9. The van der Waals surface area contributed by atoms with Gasteiger partial charge >= 0.3 is 0 Å². The molecule has 0 radical (unpaired) electrons. The molecule has 2 fully saturated rings. The van der Waals surface area contributed by atoms with E-state index in [0.717, 1.165) is 12.8 Å². The summed E-state index contributed by atoms with van der Waals surface area (Å²) in [7, 11) is 0. The first-order chi connectivity index (χ1) is 10.1. The van der Waals surface area contributed by atoms with Gasteiger partial charge in [-0.15, -0.1) is 0 Å². The zero-order chi connectivity index (χ0) is 15.0. The van der Waals surface area contributed by atoms with Gasteiger partial charge in [0.15, 0.2) is 0 Å². The fraction of sp³-hybridized carbons (Fsp3) is 0.467. The standard InChI is InChI=1S/C15H16BrFN2O2/c16-13-11(2-1-3-12(13)17)15(21)19-8-6-18(7-9-19)14(20)10-4-5-10/h1-3,10H,4-9H2. The predicted molar refractivity (Wildman–Crippen MR) is 79.3 cm³/mol. The smallest absolute Gasteiger partial charge is 0.255 e. The average Bonchev–Trinajstić information content (AvgIpc) is 3.33. The molecule has 3 rings (SSSR count). The van der Waals surface area contributed by atoms with Crippen LogP contribution in [0.1, 0.15) is 23.2 Å². The number of hydrogen-bond donors (Lipinski definition) is 0. The van der Waals surface area contributed by atoms with Crippen molar-refractivity contribution in [3.8, 4) is 0 Å². The lowest BCUT2D eigenvalue weighted by atomic mass is 10.1. The second kappa shape index (κ2) is 5.75. The number of amides is 2. The van der Waals surface area contributed by atoms with E-state index in [-0.39, 0.29) is 22.2 Å². The maximum absolute atomic E-state index is 13.5. The Morgan fingerprint density at radius 2 is 1.71 bits per heavy atom. The van der Waals surface area contributed by atoms with E-state index < -0.39 is 5.82 Å².